The molecule has 17 heavy (non-hydrogen) atoms. The van der Waals surface area contributed by atoms with Crippen LogP contribution in [0.4, 0.5) is 0 Å². The lowest BCUT2D eigenvalue weighted by Gasteiger charge is -2.26. The lowest BCUT2D eigenvalue weighted by Crippen LogP contribution is -2.28. The number of nitrogens with zero attached hydrogens (tertiary/aromatic N) is 1. The first-order chi connectivity index (χ1) is 7.79. The zero-order valence-electron chi connectivity index (χ0n) is 10.3. The Morgan fingerprint density at radius 1 is 1.24 bits per heavy atom. The Hall–Kier alpha value is -1.41. The number of rotatable bonds is 3. The van der Waals surface area contributed by atoms with Crippen LogP contribution in [0.1, 0.15) is 12.5 Å². The fourth-order valence-corrected chi connectivity index (χ4v) is 1.90. The van der Waals surface area contributed by atoms with Crippen molar-refractivity contribution in [2.24, 2.45) is 0 Å². The maximum absolute atomic E-state index is 3.26. The molecule has 0 aromatic heterocycles. The van der Waals surface area contributed by atoms with E-state index >= 15 is 0 Å². The quantitative estimate of drug-likeness (QED) is 0.888. The van der Waals surface area contributed by atoms with Gasteiger partial charge in [-0.3, -0.25) is 0 Å². The Morgan fingerprint density at radius 2 is 1.94 bits per heavy atom. The van der Waals surface area contributed by atoms with Gasteiger partial charge in [0.25, 0.3) is 0 Å². The second kappa shape index (κ2) is 6.36. The smallest absolute Gasteiger partial charge is 0.0577 e. The Kier molecular flexibility index (Phi) is 5.11. The summed E-state index contributed by atoms with van der Waals surface area (Å²) in [6, 6.07) is 10.6. The molecule has 1 aliphatic rings. The molecule has 1 N–H and O–H groups in total. The Balaban J connectivity index is 0.00000144. The SMILES string of the molecule is CNC1=C(C)C=CN(Cc2ccccc2)C1.Cl. The van der Waals surface area contributed by atoms with Gasteiger partial charge in [-0.2, -0.15) is 0 Å². The van der Waals surface area contributed by atoms with Crippen LogP contribution in [0.15, 0.2) is 53.9 Å². The van der Waals surface area contributed by atoms with Gasteiger partial charge < -0.3 is 10.2 Å². The maximum Gasteiger partial charge on any atom is 0.0577 e. The summed E-state index contributed by atoms with van der Waals surface area (Å²) in [5, 5.41) is 3.26. The summed E-state index contributed by atoms with van der Waals surface area (Å²) in [7, 11) is 1.98. The molecule has 0 amide bonds. The molecule has 0 radical (unpaired) electrons. The summed E-state index contributed by atoms with van der Waals surface area (Å²) < 4.78 is 0. The molecule has 3 heteroatoms. The van der Waals surface area contributed by atoms with Crippen molar-refractivity contribution in [3.05, 3.63) is 59.4 Å². The van der Waals surface area contributed by atoms with Crippen LogP contribution in [-0.2, 0) is 6.54 Å². The molecule has 1 heterocycles. The van der Waals surface area contributed by atoms with Gasteiger partial charge in [-0.1, -0.05) is 30.3 Å². The van der Waals surface area contributed by atoms with Gasteiger partial charge in [0.15, 0.2) is 0 Å². The van der Waals surface area contributed by atoms with E-state index in [1.165, 1.54) is 16.8 Å². The molecule has 2 rings (SSSR count). The molecule has 0 aliphatic carbocycles. The van der Waals surface area contributed by atoms with E-state index in [0.717, 1.165) is 13.1 Å². The highest BCUT2D eigenvalue weighted by molar-refractivity contribution is 5.85. The molecular formula is C14H19ClN2. The van der Waals surface area contributed by atoms with Crippen LogP contribution in [0.25, 0.3) is 0 Å². The summed E-state index contributed by atoms with van der Waals surface area (Å²) in [5.74, 6) is 0. The number of halogens is 1. The number of nitrogens with one attached hydrogen (secondary N) is 1. The Morgan fingerprint density at radius 3 is 2.59 bits per heavy atom. The number of hydrogen-bond donors (Lipinski definition) is 1. The second-order valence-corrected chi connectivity index (χ2v) is 4.12. The van der Waals surface area contributed by atoms with E-state index in [-0.39, 0.29) is 12.4 Å². The van der Waals surface area contributed by atoms with Crippen LogP contribution in [0.2, 0.25) is 0 Å². The van der Waals surface area contributed by atoms with Crippen LogP contribution in [0, 0.1) is 0 Å². The maximum atomic E-state index is 3.26. The van der Waals surface area contributed by atoms with Crippen molar-refractivity contribution in [3.63, 3.8) is 0 Å². The summed E-state index contributed by atoms with van der Waals surface area (Å²) in [6.07, 6.45) is 4.33. The number of allylic oxidation sites excluding steroid dienone is 2. The average Bonchev–Trinajstić information content (AvgIpc) is 2.33. The monoisotopic (exact) mass is 250 g/mol. The molecule has 1 aromatic carbocycles. The molecule has 0 spiro atoms. The van der Waals surface area contributed by atoms with Crippen LogP contribution < -0.4 is 5.32 Å². The number of hydrogen-bond acceptors (Lipinski definition) is 2. The molecule has 0 fully saturated rings. The van der Waals surface area contributed by atoms with Gasteiger partial charge in [-0.05, 0) is 24.1 Å². The highest BCUT2D eigenvalue weighted by Crippen LogP contribution is 2.14. The van der Waals surface area contributed by atoms with Crippen molar-refractivity contribution in [3.8, 4) is 0 Å². The van der Waals surface area contributed by atoms with Gasteiger partial charge in [0.05, 0.1) is 6.54 Å². The van der Waals surface area contributed by atoms with Crippen LogP contribution in [0.5, 0.6) is 0 Å². The van der Waals surface area contributed by atoms with Crippen molar-refractivity contribution in [1.29, 1.82) is 0 Å². The van der Waals surface area contributed by atoms with Crippen molar-refractivity contribution < 1.29 is 0 Å². The van der Waals surface area contributed by atoms with E-state index in [1.54, 1.807) is 0 Å². The van der Waals surface area contributed by atoms with Gasteiger partial charge in [0, 0.05) is 25.5 Å². The Labute approximate surface area is 109 Å². The topological polar surface area (TPSA) is 15.3 Å². The van der Waals surface area contributed by atoms with E-state index < -0.39 is 0 Å². The number of benzene rings is 1. The first kappa shape index (κ1) is 13.7. The molecule has 0 saturated heterocycles. The molecule has 2 nitrogen and oxygen atoms in total. The summed E-state index contributed by atoms with van der Waals surface area (Å²) in [4.78, 5) is 2.31. The summed E-state index contributed by atoms with van der Waals surface area (Å²) >= 11 is 0. The second-order valence-electron chi connectivity index (χ2n) is 4.12. The standard InChI is InChI=1S/C14H18N2.ClH/c1-12-8-9-16(11-14(12)15-2)10-13-6-4-3-5-7-13;/h3-9,15H,10-11H2,1-2H3;1H. The summed E-state index contributed by atoms with van der Waals surface area (Å²) in [6.45, 7) is 4.08. The van der Waals surface area contributed by atoms with Gasteiger partial charge in [0.1, 0.15) is 0 Å². The minimum atomic E-state index is 0. The zero-order valence-corrected chi connectivity index (χ0v) is 11.1. The van der Waals surface area contributed by atoms with Crippen molar-refractivity contribution in [1.82, 2.24) is 10.2 Å². The van der Waals surface area contributed by atoms with E-state index in [2.05, 4.69) is 59.7 Å². The third kappa shape index (κ3) is 3.53. The molecule has 92 valence electrons. The third-order valence-corrected chi connectivity index (χ3v) is 2.90. The zero-order chi connectivity index (χ0) is 11.4. The van der Waals surface area contributed by atoms with E-state index in [0.29, 0.717) is 0 Å². The summed E-state index contributed by atoms with van der Waals surface area (Å²) in [5.41, 5.74) is 3.98. The Bertz CT molecular complexity index is 409. The normalized spacial score (nSPS) is 14.6. The molecule has 1 aliphatic heterocycles. The minimum absolute atomic E-state index is 0. The van der Waals surface area contributed by atoms with E-state index in [4.69, 9.17) is 0 Å². The first-order valence-electron chi connectivity index (χ1n) is 5.63. The van der Waals surface area contributed by atoms with Gasteiger partial charge in [-0.25, -0.2) is 0 Å². The molecule has 0 bridgehead atoms. The largest absolute Gasteiger partial charge is 0.390 e. The molecular weight excluding hydrogens is 232 g/mol. The minimum Gasteiger partial charge on any atom is -0.390 e. The lowest BCUT2D eigenvalue weighted by molar-refractivity contribution is 0.385. The third-order valence-electron chi connectivity index (χ3n) is 2.90. The van der Waals surface area contributed by atoms with Gasteiger partial charge in [-0.15, -0.1) is 12.4 Å². The highest BCUT2D eigenvalue weighted by Gasteiger charge is 2.09. The predicted octanol–water partition coefficient (Wildman–Crippen LogP) is 2.93. The molecule has 0 unspecified atom stereocenters. The van der Waals surface area contributed by atoms with Crippen molar-refractivity contribution in [2.75, 3.05) is 13.6 Å². The molecule has 1 aromatic rings. The van der Waals surface area contributed by atoms with Crippen LogP contribution >= 0.6 is 12.4 Å². The van der Waals surface area contributed by atoms with Crippen molar-refractivity contribution >= 4 is 12.4 Å². The molecule has 0 saturated carbocycles. The van der Waals surface area contributed by atoms with Gasteiger partial charge in [0.2, 0.25) is 0 Å². The lowest BCUT2D eigenvalue weighted by atomic mass is 10.1. The van der Waals surface area contributed by atoms with Crippen molar-refractivity contribution in [2.45, 2.75) is 13.5 Å². The average molecular weight is 251 g/mol. The first-order valence-corrected chi connectivity index (χ1v) is 5.63. The molecule has 0 atom stereocenters. The van der Waals surface area contributed by atoms with Gasteiger partial charge >= 0.3 is 0 Å². The number of likely N-dealkylation sites (N-methyl/N-ethyl adjacent to an activating group) is 1. The van der Waals surface area contributed by atoms with E-state index in [1.807, 2.05) is 7.05 Å². The predicted molar refractivity (Wildman–Crippen MR) is 75.0 cm³/mol. The van der Waals surface area contributed by atoms with Crippen LogP contribution in [-0.4, -0.2) is 18.5 Å². The van der Waals surface area contributed by atoms with E-state index in [9.17, 15) is 0 Å². The fourth-order valence-electron chi connectivity index (χ4n) is 1.90. The fraction of sp³-hybridized carbons (Fsp3) is 0.286. The highest BCUT2D eigenvalue weighted by atomic mass is 35.5. The van der Waals surface area contributed by atoms with Crippen LogP contribution in [0.3, 0.4) is 0 Å².